The van der Waals surface area contributed by atoms with E-state index < -0.39 is 0 Å². The van der Waals surface area contributed by atoms with Crippen LogP contribution in [0.1, 0.15) is 37.7 Å². The van der Waals surface area contributed by atoms with Gasteiger partial charge in [-0.15, -0.1) is 0 Å². The minimum Gasteiger partial charge on any atom is -0.363 e. The molecule has 0 fully saturated rings. The Bertz CT molecular complexity index is 781. The molecule has 3 aromatic heterocycles. The van der Waals surface area contributed by atoms with E-state index in [2.05, 4.69) is 53.3 Å². The second-order valence-corrected chi connectivity index (χ2v) is 6.57. The second-order valence-electron chi connectivity index (χ2n) is 6.57. The van der Waals surface area contributed by atoms with Crippen LogP contribution in [0.2, 0.25) is 0 Å². The summed E-state index contributed by atoms with van der Waals surface area (Å²) in [5.41, 5.74) is 4.21. The van der Waals surface area contributed by atoms with Crippen molar-refractivity contribution in [3.05, 3.63) is 53.7 Å². The predicted octanol–water partition coefficient (Wildman–Crippen LogP) is 3.34. The van der Waals surface area contributed by atoms with Crippen molar-refractivity contribution in [2.45, 2.75) is 39.7 Å². The van der Waals surface area contributed by atoms with Crippen LogP contribution in [-0.4, -0.2) is 19.6 Å². The smallest absolute Gasteiger partial charge is 0.152 e. The molecule has 1 N–H and O–H groups in total. The molecule has 0 saturated heterocycles. The van der Waals surface area contributed by atoms with E-state index in [1.807, 2.05) is 29.9 Å². The molecule has 0 radical (unpaired) electrons. The maximum Gasteiger partial charge on any atom is 0.152 e. The summed E-state index contributed by atoms with van der Waals surface area (Å²) in [6.45, 7) is 9.15. The molecule has 0 aliphatic rings. The van der Waals surface area contributed by atoms with Crippen LogP contribution < -0.4 is 5.32 Å². The number of hydrogen-bond donors (Lipinski definition) is 1. The molecule has 22 heavy (non-hydrogen) atoms. The summed E-state index contributed by atoms with van der Waals surface area (Å²) in [7, 11) is 0. The maximum absolute atomic E-state index is 4.63. The highest BCUT2D eigenvalue weighted by molar-refractivity contribution is 5.68. The van der Waals surface area contributed by atoms with E-state index in [1.165, 1.54) is 0 Å². The Morgan fingerprint density at radius 2 is 2.00 bits per heavy atom. The number of pyridine rings is 1. The average molecular weight is 295 g/mol. The fourth-order valence-electron chi connectivity index (χ4n) is 2.20. The predicted molar refractivity (Wildman–Crippen MR) is 88.0 cm³/mol. The Labute approximate surface area is 130 Å². The van der Waals surface area contributed by atoms with Gasteiger partial charge in [0.1, 0.15) is 5.52 Å². The first-order chi connectivity index (χ1) is 10.4. The van der Waals surface area contributed by atoms with E-state index in [0.29, 0.717) is 6.54 Å². The van der Waals surface area contributed by atoms with Crippen molar-refractivity contribution >= 4 is 11.3 Å². The van der Waals surface area contributed by atoms with E-state index in [-0.39, 0.29) is 5.41 Å². The van der Waals surface area contributed by atoms with Crippen molar-refractivity contribution in [3.63, 3.8) is 0 Å². The van der Waals surface area contributed by atoms with Crippen LogP contribution in [0, 0.1) is 6.92 Å². The molecule has 0 spiro atoms. The van der Waals surface area contributed by atoms with Gasteiger partial charge in [0.25, 0.3) is 0 Å². The Morgan fingerprint density at radius 3 is 2.68 bits per heavy atom. The van der Waals surface area contributed by atoms with E-state index in [9.17, 15) is 0 Å². The molecule has 0 aliphatic heterocycles. The maximum atomic E-state index is 4.63. The standard InChI is InChI=1S/C17H21N5/c1-12-5-6-13(19-10-12)11-20-16-14-9-15(17(2,3)4)21-22(14)8-7-18-16/h5-10H,11H2,1-4H3,(H,18,20). The summed E-state index contributed by atoms with van der Waals surface area (Å²) in [5, 5.41) is 7.99. The van der Waals surface area contributed by atoms with Crippen molar-refractivity contribution in [1.29, 1.82) is 0 Å². The summed E-state index contributed by atoms with van der Waals surface area (Å²) in [6.07, 6.45) is 5.51. The van der Waals surface area contributed by atoms with Crippen LogP contribution in [0.4, 0.5) is 5.82 Å². The Morgan fingerprint density at radius 1 is 1.18 bits per heavy atom. The van der Waals surface area contributed by atoms with Gasteiger partial charge in [-0.25, -0.2) is 9.50 Å². The topological polar surface area (TPSA) is 55.1 Å². The summed E-state index contributed by atoms with van der Waals surface area (Å²) >= 11 is 0. The Kier molecular flexibility index (Phi) is 3.56. The number of anilines is 1. The lowest BCUT2D eigenvalue weighted by atomic mass is 9.92. The third-order valence-electron chi connectivity index (χ3n) is 3.57. The first-order valence-corrected chi connectivity index (χ1v) is 7.44. The number of fused-ring (bicyclic) bond motifs is 1. The van der Waals surface area contributed by atoms with Crippen molar-refractivity contribution in [2.75, 3.05) is 5.32 Å². The molecule has 0 bridgehead atoms. The monoisotopic (exact) mass is 295 g/mol. The number of hydrogen-bond acceptors (Lipinski definition) is 4. The molecule has 0 unspecified atom stereocenters. The molecule has 0 amide bonds. The van der Waals surface area contributed by atoms with Gasteiger partial charge in [-0.05, 0) is 24.6 Å². The molecule has 5 heteroatoms. The summed E-state index contributed by atoms with van der Waals surface area (Å²) < 4.78 is 1.87. The number of rotatable bonds is 3. The highest BCUT2D eigenvalue weighted by Gasteiger charge is 2.19. The average Bonchev–Trinajstić information content (AvgIpc) is 2.91. The Hall–Kier alpha value is -2.43. The van der Waals surface area contributed by atoms with Gasteiger partial charge in [0.05, 0.1) is 17.9 Å². The molecule has 3 rings (SSSR count). The molecule has 3 aromatic rings. The molecule has 114 valence electrons. The zero-order chi connectivity index (χ0) is 15.7. The van der Waals surface area contributed by atoms with Crippen LogP contribution in [0.25, 0.3) is 5.52 Å². The van der Waals surface area contributed by atoms with Gasteiger partial charge < -0.3 is 5.32 Å². The van der Waals surface area contributed by atoms with E-state index in [4.69, 9.17) is 0 Å². The van der Waals surface area contributed by atoms with Crippen molar-refractivity contribution in [2.24, 2.45) is 0 Å². The highest BCUT2D eigenvalue weighted by atomic mass is 15.2. The summed E-state index contributed by atoms with van der Waals surface area (Å²) in [6, 6.07) is 6.19. The lowest BCUT2D eigenvalue weighted by Crippen LogP contribution is -2.11. The second kappa shape index (κ2) is 5.40. The summed E-state index contributed by atoms with van der Waals surface area (Å²) in [5.74, 6) is 0.827. The van der Waals surface area contributed by atoms with E-state index >= 15 is 0 Å². The van der Waals surface area contributed by atoms with Gasteiger partial charge in [-0.2, -0.15) is 5.10 Å². The van der Waals surface area contributed by atoms with Gasteiger partial charge in [-0.1, -0.05) is 26.8 Å². The highest BCUT2D eigenvalue weighted by Crippen LogP contribution is 2.24. The quantitative estimate of drug-likeness (QED) is 0.805. The molecular weight excluding hydrogens is 274 g/mol. The van der Waals surface area contributed by atoms with Crippen molar-refractivity contribution in [3.8, 4) is 0 Å². The van der Waals surface area contributed by atoms with E-state index in [0.717, 1.165) is 28.3 Å². The van der Waals surface area contributed by atoms with E-state index in [1.54, 1.807) is 6.20 Å². The fourth-order valence-corrected chi connectivity index (χ4v) is 2.20. The lowest BCUT2D eigenvalue weighted by Gasteiger charge is -2.13. The van der Waals surface area contributed by atoms with Gasteiger partial charge in [-0.3, -0.25) is 4.98 Å². The SMILES string of the molecule is Cc1ccc(CNc2nccn3nc(C(C)(C)C)cc23)nc1. The number of nitrogens with one attached hydrogen (secondary N) is 1. The molecule has 0 aliphatic carbocycles. The molecular formula is C17H21N5. The zero-order valence-electron chi connectivity index (χ0n) is 13.5. The minimum atomic E-state index is 0.0157. The van der Waals surface area contributed by atoms with Crippen LogP contribution in [0.15, 0.2) is 36.8 Å². The first-order valence-electron chi connectivity index (χ1n) is 7.44. The van der Waals surface area contributed by atoms with Gasteiger partial charge in [0, 0.05) is 24.0 Å². The third kappa shape index (κ3) is 2.93. The molecule has 5 nitrogen and oxygen atoms in total. The first kappa shape index (κ1) is 14.5. The molecule has 0 aromatic carbocycles. The summed E-state index contributed by atoms with van der Waals surface area (Å²) in [4.78, 5) is 8.84. The number of aryl methyl sites for hydroxylation is 1. The normalized spacial score (nSPS) is 11.8. The third-order valence-corrected chi connectivity index (χ3v) is 3.57. The van der Waals surface area contributed by atoms with Crippen molar-refractivity contribution in [1.82, 2.24) is 19.6 Å². The van der Waals surface area contributed by atoms with Crippen molar-refractivity contribution < 1.29 is 0 Å². The van der Waals surface area contributed by atoms with Crippen LogP contribution >= 0.6 is 0 Å². The van der Waals surface area contributed by atoms with Gasteiger partial charge in [0.2, 0.25) is 0 Å². The minimum absolute atomic E-state index is 0.0157. The molecule has 0 atom stereocenters. The van der Waals surface area contributed by atoms with Crippen LogP contribution in [-0.2, 0) is 12.0 Å². The largest absolute Gasteiger partial charge is 0.363 e. The van der Waals surface area contributed by atoms with Gasteiger partial charge >= 0.3 is 0 Å². The number of aromatic nitrogens is 4. The lowest BCUT2D eigenvalue weighted by molar-refractivity contribution is 0.562. The van der Waals surface area contributed by atoms with Crippen LogP contribution in [0.3, 0.4) is 0 Å². The van der Waals surface area contributed by atoms with Crippen LogP contribution in [0.5, 0.6) is 0 Å². The number of nitrogens with zero attached hydrogens (tertiary/aromatic N) is 4. The fraction of sp³-hybridized carbons (Fsp3) is 0.353. The zero-order valence-corrected chi connectivity index (χ0v) is 13.5. The molecule has 3 heterocycles. The Balaban J connectivity index is 1.87. The van der Waals surface area contributed by atoms with Gasteiger partial charge in [0.15, 0.2) is 5.82 Å². The molecule has 0 saturated carbocycles.